The summed E-state index contributed by atoms with van der Waals surface area (Å²) in [6.45, 7) is 5.23. The van der Waals surface area contributed by atoms with Gasteiger partial charge in [0.15, 0.2) is 6.61 Å². The Kier molecular flexibility index (Phi) is 9.41. The Morgan fingerprint density at radius 3 is 2.43 bits per heavy atom. The minimum Gasteiger partial charge on any atom is -0.484 e. The second kappa shape index (κ2) is 12.0. The fourth-order valence-electron chi connectivity index (χ4n) is 3.05. The van der Waals surface area contributed by atoms with Crippen molar-refractivity contribution in [3.63, 3.8) is 0 Å². The number of para-hydroxylation sites is 1. The molecule has 0 radical (unpaired) electrons. The van der Waals surface area contributed by atoms with Crippen LogP contribution in [0, 0.1) is 0 Å². The van der Waals surface area contributed by atoms with Gasteiger partial charge in [0.05, 0.1) is 13.2 Å². The summed E-state index contributed by atoms with van der Waals surface area (Å²) in [7, 11) is 3.56. The van der Waals surface area contributed by atoms with Crippen molar-refractivity contribution < 1.29 is 19.1 Å². The molecule has 1 aromatic carbocycles. The lowest BCUT2D eigenvalue weighted by Gasteiger charge is -2.31. The average molecular weight is 416 g/mol. The van der Waals surface area contributed by atoms with Crippen molar-refractivity contribution in [2.24, 2.45) is 7.05 Å². The first kappa shape index (κ1) is 23.5. The minimum absolute atomic E-state index is 0.0140. The van der Waals surface area contributed by atoms with Gasteiger partial charge >= 0.3 is 0 Å². The molecule has 2 aromatic rings. The van der Waals surface area contributed by atoms with Crippen molar-refractivity contribution in [2.45, 2.75) is 32.9 Å². The van der Waals surface area contributed by atoms with Gasteiger partial charge in [0.1, 0.15) is 12.3 Å². The van der Waals surface area contributed by atoms with E-state index in [1.165, 1.54) is 0 Å². The number of nitrogens with zero attached hydrogens (tertiary/aromatic N) is 3. The van der Waals surface area contributed by atoms with Crippen LogP contribution in [0.2, 0.25) is 0 Å². The smallest absolute Gasteiger partial charge is 0.261 e. The van der Waals surface area contributed by atoms with Crippen LogP contribution in [-0.2, 0) is 27.9 Å². The highest BCUT2D eigenvalue weighted by Gasteiger charge is 2.25. The molecule has 30 heavy (non-hydrogen) atoms. The van der Waals surface area contributed by atoms with Crippen LogP contribution in [0.5, 0.6) is 5.75 Å². The Morgan fingerprint density at radius 2 is 1.83 bits per heavy atom. The molecule has 7 nitrogen and oxygen atoms in total. The predicted molar refractivity (Wildman–Crippen MR) is 116 cm³/mol. The summed E-state index contributed by atoms with van der Waals surface area (Å²) in [4.78, 5) is 29.3. The molecule has 7 heteroatoms. The van der Waals surface area contributed by atoms with Gasteiger partial charge < -0.3 is 23.8 Å². The van der Waals surface area contributed by atoms with Crippen LogP contribution in [0.25, 0.3) is 0 Å². The fraction of sp³-hybridized carbons (Fsp3) is 0.478. The molecule has 1 heterocycles. The van der Waals surface area contributed by atoms with Gasteiger partial charge in [0, 0.05) is 38.6 Å². The molecule has 0 saturated carbocycles. The molecule has 2 rings (SSSR count). The highest BCUT2D eigenvalue weighted by Crippen LogP contribution is 2.12. The van der Waals surface area contributed by atoms with Crippen LogP contribution in [-0.4, -0.2) is 65.6 Å². The Morgan fingerprint density at radius 1 is 1.10 bits per heavy atom. The molecule has 0 aliphatic heterocycles. The standard InChI is InChI=1S/C23H33N3O4/c1-5-19(2)26(23(28)18-30-21-11-7-6-8-12-21)17-22(27)25(14-15-29-4)16-20-10-9-13-24(20)3/h6-13,19H,5,14-18H2,1-4H3/t19-/m0/s1. The van der Waals surface area contributed by atoms with Crippen LogP contribution in [0.1, 0.15) is 26.0 Å². The van der Waals surface area contributed by atoms with Crippen molar-refractivity contribution in [1.82, 2.24) is 14.4 Å². The molecule has 0 bridgehead atoms. The Labute approximate surface area is 179 Å². The van der Waals surface area contributed by atoms with Crippen LogP contribution in [0.4, 0.5) is 0 Å². The van der Waals surface area contributed by atoms with Gasteiger partial charge in [-0.25, -0.2) is 0 Å². The van der Waals surface area contributed by atoms with Crippen LogP contribution in [0.3, 0.4) is 0 Å². The molecule has 0 aliphatic carbocycles. The van der Waals surface area contributed by atoms with Crippen LogP contribution >= 0.6 is 0 Å². The zero-order chi connectivity index (χ0) is 21.9. The fourth-order valence-corrected chi connectivity index (χ4v) is 3.05. The van der Waals surface area contributed by atoms with E-state index in [1.807, 2.05) is 62.0 Å². The molecular weight excluding hydrogens is 382 g/mol. The first-order chi connectivity index (χ1) is 14.5. The molecule has 2 amide bonds. The first-order valence-corrected chi connectivity index (χ1v) is 10.3. The Hall–Kier alpha value is -2.80. The van der Waals surface area contributed by atoms with Gasteiger partial charge in [0.25, 0.3) is 5.91 Å². The molecule has 0 saturated heterocycles. The molecule has 0 unspecified atom stereocenters. The summed E-state index contributed by atoms with van der Waals surface area (Å²) in [5, 5.41) is 0. The van der Waals surface area contributed by atoms with Gasteiger partial charge in [-0.2, -0.15) is 0 Å². The van der Waals surface area contributed by atoms with Crippen molar-refractivity contribution >= 4 is 11.8 Å². The highest BCUT2D eigenvalue weighted by molar-refractivity contribution is 5.85. The highest BCUT2D eigenvalue weighted by atomic mass is 16.5. The van der Waals surface area contributed by atoms with Crippen molar-refractivity contribution in [3.05, 3.63) is 54.4 Å². The largest absolute Gasteiger partial charge is 0.484 e. The second-order valence-corrected chi connectivity index (χ2v) is 7.30. The van der Waals surface area contributed by atoms with Gasteiger partial charge in [-0.3, -0.25) is 9.59 Å². The summed E-state index contributed by atoms with van der Waals surface area (Å²) >= 11 is 0. The van der Waals surface area contributed by atoms with Crippen molar-refractivity contribution in [3.8, 4) is 5.75 Å². The lowest BCUT2D eigenvalue weighted by Crippen LogP contribution is -2.48. The average Bonchev–Trinajstić information content (AvgIpc) is 3.17. The van der Waals surface area contributed by atoms with Crippen molar-refractivity contribution in [2.75, 3.05) is 33.4 Å². The molecule has 0 spiro atoms. The zero-order valence-electron chi connectivity index (χ0n) is 18.4. The molecule has 1 atom stereocenters. The summed E-state index contributed by atoms with van der Waals surface area (Å²) in [5.74, 6) is 0.320. The maximum Gasteiger partial charge on any atom is 0.261 e. The third-order valence-electron chi connectivity index (χ3n) is 5.18. The lowest BCUT2D eigenvalue weighted by molar-refractivity contribution is -0.144. The maximum atomic E-state index is 13.1. The minimum atomic E-state index is -0.202. The number of methoxy groups -OCH3 is 1. The number of aromatic nitrogens is 1. The van der Waals surface area contributed by atoms with E-state index in [1.54, 1.807) is 29.0 Å². The summed E-state index contributed by atoms with van der Waals surface area (Å²) in [6.07, 6.45) is 2.70. The number of carbonyl (C=O) groups excluding carboxylic acids is 2. The molecule has 164 valence electrons. The SMILES string of the molecule is CC[C@H](C)N(CC(=O)N(CCOC)Cc1cccn1C)C(=O)COc1ccccc1. The number of carbonyl (C=O) groups is 2. The number of rotatable bonds is 12. The van der Waals surface area contributed by atoms with E-state index < -0.39 is 0 Å². The van der Waals surface area contributed by atoms with E-state index in [9.17, 15) is 9.59 Å². The molecule has 1 aromatic heterocycles. The second-order valence-electron chi connectivity index (χ2n) is 7.30. The summed E-state index contributed by atoms with van der Waals surface area (Å²) in [5.41, 5.74) is 1.02. The third kappa shape index (κ3) is 6.91. The first-order valence-electron chi connectivity index (χ1n) is 10.3. The maximum absolute atomic E-state index is 13.1. The van der Waals surface area contributed by atoms with Gasteiger partial charge in [0.2, 0.25) is 5.91 Å². The molecular formula is C23H33N3O4. The predicted octanol–water partition coefficient (Wildman–Crippen LogP) is 2.71. The number of amides is 2. The van der Waals surface area contributed by atoms with E-state index in [0.717, 1.165) is 12.1 Å². The van der Waals surface area contributed by atoms with E-state index in [-0.39, 0.29) is 31.0 Å². The van der Waals surface area contributed by atoms with Crippen LogP contribution < -0.4 is 4.74 Å². The van der Waals surface area contributed by atoms with Gasteiger partial charge in [-0.15, -0.1) is 0 Å². The number of hydrogen-bond donors (Lipinski definition) is 0. The number of benzene rings is 1. The normalized spacial score (nSPS) is 11.7. The third-order valence-corrected chi connectivity index (χ3v) is 5.18. The summed E-state index contributed by atoms with van der Waals surface area (Å²) < 4.78 is 12.8. The van der Waals surface area contributed by atoms with E-state index in [4.69, 9.17) is 9.47 Å². The van der Waals surface area contributed by atoms with E-state index in [0.29, 0.717) is 25.4 Å². The Bertz CT molecular complexity index is 791. The topological polar surface area (TPSA) is 64.0 Å². The number of aryl methyl sites for hydroxylation is 1. The molecule has 0 N–H and O–H groups in total. The van der Waals surface area contributed by atoms with Gasteiger partial charge in [-0.1, -0.05) is 25.1 Å². The van der Waals surface area contributed by atoms with E-state index >= 15 is 0 Å². The van der Waals surface area contributed by atoms with Crippen LogP contribution in [0.15, 0.2) is 48.7 Å². The zero-order valence-corrected chi connectivity index (χ0v) is 18.4. The lowest BCUT2D eigenvalue weighted by atomic mass is 10.2. The van der Waals surface area contributed by atoms with Gasteiger partial charge in [-0.05, 0) is 37.6 Å². The van der Waals surface area contributed by atoms with E-state index in [2.05, 4.69) is 0 Å². The monoisotopic (exact) mass is 415 g/mol. The molecule has 0 aliphatic rings. The number of ether oxygens (including phenoxy) is 2. The Balaban J connectivity index is 2.06. The number of hydrogen-bond acceptors (Lipinski definition) is 4. The quantitative estimate of drug-likeness (QED) is 0.535. The molecule has 0 fully saturated rings. The van der Waals surface area contributed by atoms with Crippen molar-refractivity contribution in [1.29, 1.82) is 0 Å². The summed E-state index contributed by atoms with van der Waals surface area (Å²) in [6, 6.07) is 13.1.